The van der Waals surface area contributed by atoms with Crippen molar-refractivity contribution in [2.45, 2.75) is 32.1 Å². The van der Waals surface area contributed by atoms with Crippen molar-refractivity contribution < 1.29 is 14.7 Å². The van der Waals surface area contributed by atoms with Gasteiger partial charge in [0.2, 0.25) is 0 Å². The first kappa shape index (κ1) is 14.5. The number of hydrogen-bond donors (Lipinski definition) is 2. The molecule has 1 aliphatic rings. The molecule has 0 aliphatic heterocycles. The monoisotopic (exact) mass is 278 g/mol. The molecule has 1 aromatic rings. The quantitative estimate of drug-likeness (QED) is 0.376. The molecule has 0 unspecified atom stereocenters. The van der Waals surface area contributed by atoms with E-state index in [2.05, 4.69) is 5.16 Å². The van der Waals surface area contributed by atoms with Crippen LogP contribution in [0.4, 0.5) is 0 Å². The molecule has 0 heterocycles. The molecule has 0 aromatic heterocycles. The van der Waals surface area contributed by atoms with Crippen LogP contribution in [0, 0.1) is 5.92 Å². The van der Waals surface area contributed by atoms with Crippen LogP contribution in [0.3, 0.4) is 0 Å². The highest BCUT2D eigenvalue weighted by atomic mass is 16.5. The maximum atomic E-state index is 8.76. The topological polar surface area (TPSA) is 77.1 Å². The van der Waals surface area contributed by atoms with Crippen LogP contribution in [0.25, 0.3) is 0 Å². The van der Waals surface area contributed by atoms with Crippen molar-refractivity contribution >= 4 is 5.84 Å². The Kier molecular flexibility index (Phi) is 5.09. The average Bonchev–Trinajstić information content (AvgIpc) is 2.52. The fourth-order valence-electron chi connectivity index (χ4n) is 2.55. The molecule has 110 valence electrons. The summed E-state index contributed by atoms with van der Waals surface area (Å²) >= 11 is 0. The van der Waals surface area contributed by atoms with Crippen molar-refractivity contribution in [3.63, 3.8) is 0 Å². The number of ether oxygens (including phenoxy) is 2. The molecular formula is C15H22N2O3. The van der Waals surface area contributed by atoms with Gasteiger partial charge < -0.3 is 20.4 Å². The van der Waals surface area contributed by atoms with Gasteiger partial charge in [0.05, 0.1) is 13.7 Å². The van der Waals surface area contributed by atoms with Gasteiger partial charge in [0.1, 0.15) is 11.5 Å². The maximum Gasteiger partial charge on any atom is 0.170 e. The van der Waals surface area contributed by atoms with Crippen LogP contribution in [0.5, 0.6) is 11.5 Å². The van der Waals surface area contributed by atoms with Gasteiger partial charge in [-0.3, -0.25) is 0 Å². The van der Waals surface area contributed by atoms with Gasteiger partial charge in [-0.15, -0.1) is 0 Å². The number of rotatable bonds is 5. The summed E-state index contributed by atoms with van der Waals surface area (Å²) < 4.78 is 11.1. The predicted octanol–water partition coefficient (Wildman–Crippen LogP) is 2.75. The second-order valence-corrected chi connectivity index (χ2v) is 5.20. The van der Waals surface area contributed by atoms with Crippen LogP contribution in [-0.4, -0.2) is 24.8 Å². The zero-order valence-corrected chi connectivity index (χ0v) is 11.8. The van der Waals surface area contributed by atoms with Gasteiger partial charge in [0.25, 0.3) is 0 Å². The first-order chi connectivity index (χ1) is 9.72. The van der Waals surface area contributed by atoms with E-state index in [-0.39, 0.29) is 5.84 Å². The Balaban J connectivity index is 2.05. The Morgan fingerprint density at radius 3 is 2.60 bits per heavy atom. The second-order valence-electron chi connectivity index (χ2n) is 5.20. The molecule has 2 rings (SSSR count). The fourth-order valence-corrected chi connectivity index (χ4v) is 2.55. The third kappa shape index (κ3) is 3.79. The van der Waals surface area contributed by atoms with Crippen molar-refractivity contribution in [3.05, 3.63) is 23.8 Å². The Morgan fingerprint density at radius 1 is 1.25 bits per heavy atom. The zero-order chi connectivity index (χ0) is 14.4. The number of nitrogens with zero attached hydrogens (tertiary/aromatic N) is 1. The maximum absolute atomic E-state index is 8.76. The van der Waals surface area contributed by atoms with Crippen molar-refractivity contribution in [2.75, 3.05) is 13.7 Å². The van der Waals surface area contributed by atoms with E-state index in [4.69, 9.17) is 20.4 Å². The lowest BCUT2D eigenvalue weighted by Crippen LogP contribution is -2.16. The Bertz CT molecular complexity index is 468. The third-order valence-electron chi connectivity index (χ3n) is 3.73. The largest absolute Gasteiger partial charge is 0.497 e. The molecule has 1 aliphatic carbocycles. The summed E-state index contributed by atoms with van der Waals surface area (Å²) in [6, 6.07) is 5.29. The molecule has 3 N–H and O–H groups in total. The standard InChI is InChI=1S/C15H22N2O3/c1-19-13-7-12(15(16)17-18)8-14(9-13)20-10-11-5-3-2-4-6-11/h7-9,11,18H,2-6,10H2,1H3,(H2,16,17). The molecule has 5 heteroatoms. The molecule has 5 nitrogen and oxygen atoms in total. The van der Waals surface area contributed by atoms with Crippen LogP contribution in [0.15, 0.2) is 23.4 Å². The normalized spacial score (nSPS) is 16.9. The van der Waals surface area contributed by atoms with Gasteiger partial charge in [-0.2, -0.15) is 0 Å². The summed E-state index contributed by atoms with van der Waals surface area (Å²) in [6.45, 7) is 0.711. The molecule has 0 spiro atoms. The van der Waals surface area contributed by atoms with E-state index in [1.165, 1.54) is 32.1 Å². The molecule has 1 saturated carbocycles. The lowest BCUT2D eigenvalue weighted by Gasteiger charge is -2.22. The van der Waals surface area contributed by atoms with E-state index >= 15 is 0 Å². The van der Waals surface area contributed by atoms with E-state index < -0.39 is 0 Å². The molecule has 0 atom stereocenters. The smallest absolute Gasteiger partial charge is 0.170 e. The van der Waals surface area contributed by atoms with Crippen LogP contribution < -0.4 is 15.2 Å². The summed E-state index contributed by atoms with van der Waals surface area (Å²) in [7, 11) is 1.58. The number of methoxy groups -OCH3 is 1. The van der Waals surface area contributed by atoms with Crippen molar-refractivity contribution in [3.8, 4) is 11.5 Å². The molecule has 1 fully saturated rings. The van der Waals surface area contributed by atoms with Crippen molar-refractivity contribution in [1.29, 1.82) is 0 Å². The summed E-state index contributed by atoms with van der Waals surface area (Å²) in [6.07, 6.45) is 6.39. The summed E-state index contributed by atoms with van der Waals surface area (Å²) in [5.41, 5.74) is 6.20. The minimum Gasteiger partial charge on any atom is -0.497 e. The molecular weight excluding hydrogens is 256 g/mol. The number of nitrogens with two attached hydrogens (primary N) is 1. The van der Waals surface area contributed by atoms with Gasteiger partial charge in [0, 0.05) is 11.6 Å². The molecule has 20 heavy (non-hydrogen) atoms. The molecule has 0 saturated heterocycles. The second kappa shape index (κ2) is 7.03. The van der Waals surface area contributed by atoms with Gasteiger partial charge >= 0.3 is 0 Å². The summed E-state index contributed by atoms with van der Waals surface area (Å²) in [4.78, 5) is 0. The van der Waals surface area contributed by atoms with Crippen molar-refractivity contribution in [1.82, 2.24) is 0 Å². The van der Waals surface area contributed by atoms with Gasteiger partial charge in [-0.25, -0.2) is 0 Å². The molecule has 0 amide bonds. The Hall–Kier alpha value is -1.91. The molecule has 0 bridgehead atoms. The van der Waals surface area contributed by atoms with Gasteiger partial charge in [-0.05, 0) is 30.9 Å². The van der Waals surface area contributed by atoms with Crippen LogP contribution >= 0.6 is 0 Å². The first-order valence-corrected chi connectivity index (χ1v) is 7.02. The number of hydrogen-bond acceptors (Lipinski definition) is 4. The van der Waals surface area contributed by atoms with E-state index in [0.29, 0.717) is 29.6 Å². The van der Waals surface area contributed by atoms with Gasteiger partial charge in [-0.1, -0.05) is 24.4 Å². The first-order valence-electron chi connectivity index (χ1n) is 7.02. The highest BCUT2D eigenvalue weighted by Gasteiger charge is 2.14. The fraction of sp³-hybridized carbons (Fsp3) is 0.533. The van der Waals surface area contributed by atoms with Crippen LogP contribution in [0.1, 0.15) is 37.7 Å². The van der Waals surface area contributed by atoms with E-state index in [9.17, 15) is 0 Å². The predicted molar refractivity (Wildman–Crippen MR) is 77.6 cm³/mol. The summed E-state index contributed by atoms with van der Waals surface area (Å²) in [5.74, 6) is 2.00. The Morgan fingerprint density at radius 2 is 1.95 bits per heavy atom. The lowest BCUT2D eigenvalue weighted by molar-refractivity contribution is 0.208. The SMILES string of the molecule is COc1cc(OCC2CCCCC2)cc(/C(N)=N/O)c1. The minimum absolute atomic E-state index is 0.0476. The number of oxime groups is 1. The minimum atomic E-state index is 0.0476. The van der Waals surface area contributed by atoms with E-state index in [0.717, 1.165) is 0 Å². The summed E-state index contributed by atoms with van der Waals surface area (Å²) in [5, 5.41) is 11.8. The lowest BCUT2D eigenvalue weighted by atomic mass is 9.90. The number of amidine groups is 1. The average molecular weight is 278 g/mol. The highest BCUT2D eigenvalue weighted by molar-refractivity contribution is 5.97. The zero-order valence-electron chi connectivity index (χ0n) is 11.8. The van der Waals surface area contributed by atoms with Crippen LogP contribution in [-0.2, 0) is 0 Å². The highest BCUT2D eigenvalue weighted by Crippen LogP contribution is 2.27. The van der Waals surface area contributed by atoms with E-state index in [1.807, 2.05) is 6.07 Å². The third-order valence-corrected chi connectivity index (χ3v) is 3.73. The molecule has 0 radical (unpaired) electrons. The number of benzene rings is 1. The van der Waals surface area contributed by atoms with Gasteiger partial charge in [0.15, 0.2) is 5.84 Å². The molecule has 1 aromatic carbocycles. The van der Waals surface area contributed by atoms with Crippen LogP contribution in [0.2, 0.25) is 0 Å². The van der Waals surface area contributed by atoms with E-state index in [1.54, 1.807) is 19.2 Å². The Labute approximate surface area is 119 Å². The van der Waals surface area contributed by atoms with Crippen molar-refractivity contribution in [2.24, 2.45) is 16.8 Å².